The first-order valence-electron chi connectivity index (χ1n) is 8.29. The quantitative estimate of drug-likeness (QED) is 0.280. The number of rotatable bonds is 10. The number of nitrogen functional groups attached to an aromatic ring is 2. The molecule has 29 heavy (non-hydrogen) atoms. The van der Waals surface area contributed by atoms with Gasteiger partial charge in [-0.25, -0.2) is 4.79 Å². The molecule has 8 N–H and O–H groups in total. The minimum atomic E-state index is -1.30. The first-order chi connectivity index (χ1) is 13.7. The topological polar surface area (TPSA) is 201 Å². The first-order valence-corrected chi connectivity index (χ1v) is 10.1. The van der Waals surface area contributed by atoms with Gasteiger partial charge in [-0.1, -0.05) is 0 Å². The summed E-state index contributed by atoms with van der Waals surface area (Å²) in [7, 11) is 0. The van der Waals surface area contributed by atoms with Gasteiger partial charge in [-0.05, 0) is 25.0 Å². The Morgan fingerprint density at radius 3 is 2.62 bits per heavy atom. The fourth-order valence-electron chi connectivity index (χ4n) is 2.28. The molecule has 0 aromatic carbocycles. The first kappa shape index (κ1) is 22.2. The number of anilines is 2. The largest absolute Gasteiger partial charge is 0.481 e. The van der Waals surface area contributed by atoms with Gasteiger partial charge >= 0.3 is 11.9 Å². The molecule has 2 rings (SSSR count). The number of aromatic amines is 1. The second-order valence-corrected chi connectivity index (χ2v) is 8.10. The molecule has 0 spiro atoms. The SMILES string of the molecule is Nc1nc(N)c(SCCc2ccc(C(=O)N[C@@H](CCC(=O)O)C(=O)O)s2)c(=O)[nH]1. The molecule has 0 saturated carbocycles. The monoisotopic (exact) mass is 441 g/mol. The number of aliphatic carboxylic acids is 2. The third-order valence-corrected chi connectivity index (χ3v) is 5.89. The van der Waals surface area contributed by atoms with Crippen LogP contribution < -0.4 is 22.3 Å². The van der Waals surface area contributed by atoms with Crippen molar-refractivity contribution in [1.82, 2.24) is 15.3 Å². The Morgan fingerprint density at radius 2 is 2.00 bits per heavy atom. The third-order valence-electron chi connectivity index (χ3n) is 3.65. The van der Waals surface area contributed by atoms with Crippen LogP contribution in [0.3, 0.4) is 0 Å². The lowest BCUT2D eigenvalue weighted by Crippen LogP contribution is -2.40. The number of hydrogen-bond acceptors (Lipinski definition) is 9. The van der Waals surface area contributed by atoms with E-state index in [4.69, 9.17) is 21.7 Å². The number of carbonyl (C=O) groups is 3. The number of aryl methyl sites for hydroxylation is 1. The summed E-state index contributed by atoms with van der Waals surface area (Å²) in [5.41, 5.74) is 10.7. The normalized spacial score (nSPS) is 11.7. The minimum Gasteiger partial charge on any atom is -0.481 e. The summed E-state index contributed by atoms with van der Waals surface area (Å²) in [5, 5.41) is 20.1. The molecule has 0 unspecified atom stereocenters. The Morgan fingerprint density at radius 1 is 1.28 bits per heavy atom. The number of thioether (sulfide) groups is 1. The molecular weight excluding hydrogens is 422 g/mol. The van der Waals surface area contributed by atoms with Crippen LogP contribution in [0.2, 0.25) is 0 Å². The van der Waals surface area contributed by atoms with E-state index in [1.54, 1.807) is 12.1 Å². The van der Waals surface area contributed by atoms with Crippen molar-refractivity contribution in [2.45, 2.75) is 30.2 Å². The predicted molar refractivity (Wildman–Crippen MR) is 108 cm³/mol. The summed E-state index contributed by atoms with van der Waals surface area (Å²) in [6, 6.07) is 2.00. The molecule has 0 aliphatic carbocycles. The van der Waals surface area contributed by atoms with Crippen LogP contribution >= 0.6 is 23.1 Å². The van der Waals surface area contributed by atoms with Gasteiger partial charge in [-0.3, -0.25) is 19.4 Å². The minimum absolute atomic E-state index is 0.0450. The van der Waals surface area contributed by atoms with Gasteiger partial charge in [0.05, 0.1) is 4.88 Å². The number of thiophene rings is 1. The molecule has 0 bridgehead atoms. The lowest BCUT2D eigenvalue weighted by atomic mass is 10.1. The Kier molecular flexibility index (Phi) is 7.61. The number of aromatic nitrogens is 2. The number of carboxylic acids is 2. The lowest BCUT2D eigenvalue weighted by molar-refractivity contribution is -0.140. The second kappa shape index (κ2) is 9.93. The summed E-state index contributed by atoms with van der Waals surface area (Å²) in [6.45, 7) is 0. The van der Waals surface area contributed by atoms with Crippen molar-refractivity contribution in [3.05, 3.63) is 32.2 Å². The second-order valence-electron chi connectivity index (χ2n) is 5.83. The van der Waals surface area contributed by atoms with E-state index in [1.807, 2.05) is 0 Å². The zero-order valence-electron chi connectivity index (χ0n) is 15.0. The lowest BCUT2D eigenvalue weighted by Gasteiger charge is -2.12. The number of carboxylic acid groups (broad SMARTS) is 2. The molecule has 2 heterocycles. The van der Waals surface area contributed by atoms with Crippen molar-refractivity contribution >= 4 is 52.7 Å². The van der Waals surface area contributed by atoms with Gasteiger partial charge in [0.15, 0.2) is 0 Å². The number of nitrogens with one attached hydrogen (secondary N) is 2. The molecule has 0 saturated heterocycles. The van der Waals surface area contributed by atoms with Crippen LogP contribution in [0.15, 0.2) is 21.8 Å². The summed E-state index contributed by atoms with van der Waals surface area (Å²) in [6.07, 6.45) is -0.0451. The van der Waals surface area contributed by atoms with E-state index in [0.717, 1.165) is 4.88 Å². The highest BCUT2D eigenvalue weighted by Crippen LogP contribution is 2.23. The van der Waals surface area contributed by atoms with Crippen molar-refractivity contribution in [3.63, 3.8) is 0 Å². The standard InChI is InChI=1S/C16H19N5O6S2/c17-12-11(14(25)21-16(18)20-12)28-6-5-7-1-3-9(29-7)13(24)19-8(15(26)27)2-4-10(22)23/h1,3,8H,2,4-6H2,(H,19,24)(H,22,23)(H,26,27)(H5,17,18,20,21,25)/t8-/m0/s1. The zero-order valence-corrected chi connectivity index (χ0v) is 16.6. The molecule has 11 nitrogen and oxygen atoms in total. The van der Waals surface area contributed by atoms with E-state index < -0.39 is 29.4 Å². The van der Waals surface area contributed by atoms with Gasteiger partial charge in [-0.15, -0.1) is 23.1 Å². The predicted octanol–water partition coefficient (Wildman–Crippen LogP) is 0.378. The average Bonchev–Trinajstić information content (AvgIpc) is 3.09. The van der Waals surface area contributed by atoms with Crippen LogP contribution in [-0.2, 0) is 16.0 Å². The molecule has 1 amide bonds. The number of amides is 1. The number of carbonyl (C=O) groups excluding carboxylic acids is 1. The Bertz CT molecular complexity index is 973. The van der Waals surface area contributed by atoms with E-state index in [9.17, 15) is 19.2 Å². The van der Waals surface area contributed by atoms with Crippen LogP contribution in [-0.4, -0.2) is 49.8 Å². The van der Waals surface area contributed by atoms with Crippen LogP contribution in [0.4, 0.5) is 11.8 Å². The average molecular weight is 441 g/mol. The molecule has 13 heteroatoms. The third kappa shape index (κ3) is 6.50. The van der Waals surface area contributed by atoms with Gasteiger partial charge in [0.1, 0.15) is 16.8 Å². The molecule has 0 fully saturated rings. The maximum Gasteiger partial charge on any atom is 0.326 e. The fourth-order valence-corrected chi connectivity index (χ4v) is 4.22. The Balaban J connectivity index is 1.93. The van der Waals surface area contributed by atoms with Crippen LogP contribution in [0.25, 0.3) is 0 Å². The van der Waals surface area contributed by atoms with Crippen molar-refractivity contribution in [1.29, 1.82) is 0 Å². The molecule has 0 radical (unpaired) electrons. The highest BCUT2D eigenvalue weighted by atomic mass is 32.2. The smallest absolute Gasteiger partial charge is 0.326 e. The van der Waals surface area contributed by atoms with Crippen molar-refractivity contribution in [2.24, 2.45) is 0 Å². The van der Waals surface area contributed by atoms with Crippen LogP contribution in [0.5, 0.6) is 0 Å². The van der Waals surface area contributed by atoms with Crippen LogP contribution in [0, 0.1) is 0 Å². The fraction of sp³-hybridized carbons (Fsp3) is 0.312. The van der Waals surface area contributed by atoms with Gasteiger partial charge in [-0.2, -0.15) is 4.98 Å². The Labute approximate surface area is 172 Å². The molecule has 0 aliphatic rings. The molecule has 0 aliphatic heterocycles. The number of nitrogens with two attached hydrogens (primary N) is 2. The number of H-pyrrole nitrogens is 1. The Hall–Kier alpha value is -3.06. The van der Waals surface area contributed by atoms with Crippen molar-refractivity contribution in [3.8, 4) is 0 Å². The van der Waals surface area contributed by atoms with Crippen molar-refractivity contribution < 1.29 is 24.6 Å². The zero-order chi connectivity index (χ0) is 21.6. The maximum absolute atomic E-state index is 12.2. The molecule has 1 atom stereocenters. The highest BCUT2D eigenvalue weighted by Gasteiger charge is 2.22. The van der Waals surface area contributed by atoms with Gasteiger partial charge in [0.2, 0.25) is 5.95 Å². The number of nitrogens with zero attached hydrogens (tertiary/aromatic N) is 1. The van der Waals surface area contributed by atoms with Crippen LogP contribution in [0.1, 0.15) is 27.4 Å². The molecule has 2 aromatic rings. The maximum atomic E-state index is 12.2. The number of hydrogen-bond donors (Lipinski definition) is 6. The van der Waals surface area contributed by atoms with Gasteiger partial charge in [0, 0.05) is 17.1 Å². The van der Waals surface area contributed by atoms with E-state index in [2.05, 4.69) is 15.3 Å². The van der Waals surface area contributed by atoms with Crippen molar-refractivity contribution in [2.75, 3.05) is 17.2 Å². The van der Waals surface area contributed by atoms with E-state index in [0.29, 0.717) is 17.1 Å². The summed E-state index contributed by atoms with van der Waals surface area (Å²) >= 11 is 2.38. The van der Waals surface area contributed by atoms with E-state index >= 15 is 0 Å². The van der Waals surface area contributed by atoms with E-state index in [1.165, 1.54) is 23.1 Å². The summed E-state index contributed by atoms with van der Waals surface area (Å²) < 4.78 is 0. The highest BCUT2D eigenvalue weighted by molar-refractivity contribution is 7.99. The van der Waals surface area contributed by atoms with Gasteiger partial charge in [0.25, 0.3) is 11.5 Å². The summed E-state index contributed by atoms with van der Waals surface area (Å²) in [5.74, 6) is -2.55. The molecule has 156 valence electrons. The van der Waals surface area contributed by atoms with E-state index in [-0.39, 0.29) is 29.5 Å². The van der Waals surface area contributed by atoms with Gasteiger partial charge < -0.3 is 27.0 Å². The molecule has 2 aromatic heterocycles. The molecular formula is C16H19N5O6S2. The summed E-state index contributed by atoms with van der Waals surface area (Å²) in [4.78, 5) is 53.4.